The average molecular weight is 917 g/mol. The highest BCUT2D eigenvalue weighted by atomic mass is 35.5. The molecule has 2 saturated heterocycles. The molecule has 2 aliphatic carbocycles. The normalized spacial score (nSPS) is 18.0. The first-order valence-corrected chi connectivity index (χ1v) is 22.5. The van der Waals surface area contributed by atoms with Crippen molar-refractivity contribution in [2.75, 3.05) is 53.7 Å². The summed E-state index contributed by atoms with van der Waals surface area (Å²) < 4.78 is 35.6. The monoisotopic (exact) mass is 915 g/mol. The predicted molar refractivity (Wildman–Crippen MR) is 235 cm³/mol. The summed E-state index contributed by atoms with van der Waals surface area (Å²) in [4.78, 5) is 70.8. The van der Waals surface area contributed by atoms with Gasteiger partial charge in [0, 0.05) is 25.2 Å². The zero-order valence-electron chi connectivity index (χ0n) is 38.6. The van der Waals surface area contributed by atoms with E-state index < -0.39 is 41.0 Å². The van der Waals surface area contributed by atoms with Crippen LogP contribution in [0.4, 0.5) is 0 Å². The Labute approximate surface area is 379 Å². The number of carbonyl (C=O) groups is 6. The molecular weight excluding hydrogens is 842 g/mol. The van der Waals surface area contributed by atoms with E-state index in [4.69, 9.17) is 45.1 Å². The van der Waals surface area contributed by atoms with E-state index in [0.717, 1.165) is 74.9 Å². The summed E-state index contributed by atoms with van der Waals surface area (Å²) in [5.74, 6) is -3.60. The number of carboxylic acid groups (broad SMARTS) is 1. The van der Waals surface area contributed by atoms with Crippen LogP contribution >= 0.6 is 11.6 Å². The molecule has 0 aromatic carbocycles. The Morgan fingerprint density at radius 1 is 0.651 bits per heavy atom. The summed E-state index contributed by atoms with van der Waals surface area (Å²) in [6.07, 6.45) is 14.4. The summed E-state index contributed by atoms with van der Waals surface area (Å²) in [5.41, 5.74) is -0.930. The number of halogens is 1. The zero-order valence-corrected chi connectivity index (χ0v) is 39.3. The number of aliphatic hydroxyl groups is 1. The number of carbonyl (C=O) groups excluding carboxylic acids is 5. The Kier molecular flexibility index (Phi) is 28.0. The SMILES string of the molecule is C=C(CC(=O)OC1CCCCCCC1)C(=O)O.C=C(CC(=O)OC1CCCCCCC1)C(=O)OC1(CC(=O)OCC)COC1.CC(C)=C(Cl)N(C)C.CCOC(=O)CC1(O)COC1. The molecule has 0 atom stereocenters. The number of aliphatic carboxylic acids is 1. The van der Waals surface area contributed by atoms with Crippen molar-refractivity contribution in [3.63, 3.8) is 0 Å². The molecule has 0 aromatic rings. The molecule has 2 saturated carbocycles. The van der Waals surface area contributed by atoms with Crippen LogP contribution in [0.5, 0.6) is 0 Å². The second-order valence-corrected chi connectivity index (χ2v) is 17.1. The van der Waals surface area contributed by atoms with Gasteiger partial charge in [-0.15, -0.1) is 0 Å². The fourth-order valence-corrected chi connectivity index (χ4v) is 6.66. The second kappa shape index (κ2) is 31.0. The van der Waals surface area contributed by atoms with Crippen molar-refractivity contribution in [3.8, 4) is 0 Å². The highest BCUT2D eigenvalue weighted by molar-refractivity contribution is 6.29. The van der Waals surface area contributed by atoms with Crippen LogP contribution in [0.25, 0.3) is 0 Å². The molecular formula is C46H74ClNO15. The van der Waals surface area contributed by atoms with E-state index in [1.165, 1.54) is 25.7 Å². The molecule has 2 heterocycles. The number of allylic oxidation sites excluding steroid dienone is 1. The van der Waals surface area contributed by atoms with Crippen molar-refractivity contribution in [2.24, 2.45) is 0 Å². The number of rotatable bonds is 16. The maximum absolute atomic E-state index is 12.3. The second-order valence-electron chi connectivity index (χ2n) is 16.7. The van der Waals surface area contributed by atoms with Gasteiger partial charge in [0.1, 0.15) is 23.0 Å². The topological polar surface area (TPSA) is 211 Å². The number of hydrogen-bond donors (Lipinski definition) is 2. The lowest BCUT2D eigenvalue weighted by Gasteiger charge is -2.39. The van der Waals surface area contributed by atoms with Crippen molar-refractivity contribution in [3.05, 3.63) is 35.0 Å². The molecule has 0 spiro atoms. The van der Waals surface area contributed by atoms with Gasteiger partial charge >= 0.3 is 35.8 Å². The van der Waals surface area contributed by atoms with Crippen LogP contribution < -0.4 is 0 Å². The van der Waals surface area contributed by atoms with Gasteiger partial charge in [-0.3, -0.25) is 19.2 Å². The van der Waals surface area contributed by atoms with Crippen molar-refractivity contribution in [1.29, 1.82) is 0 Å². The molecule has 2 aliphatic heterocycles. The van der Waals surface area contributed by atoms with Gasteiger partial charge in [-0.25, -0.2) is 9.59 Å². The Hall–Kier alpha value is -3.99. The highest BCUT2D eigenvalue weighted by Gasteiger charge is 2.45. The molecule has 0 aromatic heterocycles. The average Bonchev–Trinajstić information content (AvgIpc) is 3.15. The van der Waals surface area contributed by atoms with E-state index in [0.29, 0.717) is 6.61 Å². The first-order valence-electron chi connectivity index (χ1n) is 22.2. The Balaban J connectivity index is 0.000000468. The molecule has 16 nitrogen and oxygen atoms in total. The van der Waals surface area contributed by atoms with Gasteiger partial charge in [-0.2, -0.15) is 0 Å². The fourth-order valence-electron chi connectivity index (χ4n) is 6.66. The van der Waals surface area contributed by atoms with E-state index >= 15 is 0 Å². The van der Waals surface area contributed by atoms with Crippen molar-refractivity contribution in [2.45, 2.75) is 167 Å². The molecule has 0 unspecified atom stereocenters. The molecule has 63 heavy (non-hydrogen) atoms. The van der Waals surface area contributed by atoms with Gasteiger partial charge in [0.25, 0.3) is 0 Å². The lowest BCUT2D eigenvalue weighted by molar-refractivity contribution is -0.215. The van der Waals surface area contributed by atoms with Crippen molar-refractivity contribution in [1.82, 2.24) is 4.90 Å². The van der Waals surface area contributed by atoms with Crippen molar-refractivity contribution >= 4 is 47.4 Å². The summed E-state index contributed by atoms with van der Waals surface area (Å²) in [6, 6.07) is 0. The third-order valence-electron chi connectivity index (χ3n) is 10.1. The van der Waals surface area contributed by atoms with E-state index in [1.54, 1.807) is 13.8 Å². The molecule has 0 radical (unpaired) electrons. The fraction of sp³-hybridized carbons (Fsp3) is 0.739. The van der Waals surface area contributed by atoms with Crippen LogP contribution in [0.1, 0.15) is 143 Å². The van der Waals surface area contributed by atoms with Crippen LogP contribution in [0.15, 0.2) is 35.0 Å². The largest absolute Gasteiger partial charge is 0.478 e. The first kappa shape index (κ1) is 57.0. The van der Waals surface area contributed by atoms with E-state index in [1.807, 2.05) is 32.8 Å². The van der Waals surface area contributed by atoms with Gasteiger partial charge in [-0.05, 0) is 84.6 Å². The van der Waals surface area contributed by atoms with Crippen LogP contribution in [-0.4, -0.2) is 128 Å². The molecule has 4 rings (SSSR count). The van der Waals surface area contributed by atoms with Crippen LogP contribution in [0.2, 0.25) is 0 Å². The lowest BCUT2D eigenvalue weighted by Crippen LogP contribution is -2.54. The minimum absolute atomic E-state index is 0.0148. The maximum Gasteiger partial charge on any atom is 0.334 e. The number of carboxylic acids is 1. The lowest BCUT2D eigenvalue weighted by atomic mass is 9.97. The third kappa shape index (κ3) is 25.2. The zero-order chi connectivity index (χ0) is 47.4. The number of hydrogen-bond acceptors (Lipinski definition) is 15. The van der Waals surface area contributed by atoms with E-state index in [9.17, 15) is 33.9 Å². The smallest absolute Gasteiger partial charge is 0.334 e. The van der Waals surface area contributed by atoms with Crippen LogP contribution in [0, 0.1) is 0 Å². The first-order chi connectivity index (χ1) is 29.7. The summed E-state index contributed by atoms with van der Waals surface area (Å²) in [6.45, 7) is 15.7. The number of esters is 5. The summed E-state index contributed by atoms with van der Waals surface area (Å²) >= 11 is 5.76. The Morgan fingerprint density at radius 2 is 1.05 bits per heavy atom. The van der Waals surface area contributed by atoms with Crippen LogP contribution in [-0.2, 0) is 61.9 Å². The summed E-state index contributed by atoms with van der Waals surface area (Å²) in [7, 11) is 3.85. The molecule has 0 amide bonds. The van der Waals surface area contributed by atoms with E-state index in [2.05, 4.69) is 17.9 Å². The van der Waals surface area contributed by atoms with Crippen molar-refractivity contribution < 1.29 is 72.1 Å². The minimum Gasteiger partial charge on any atom is -0.478 e. The van der Waals surface area contributed by atoms with E-state index in [-0.39, 0.29) is 88.0 Å². The predicted octanol–water partition coefficient (Wildman–Crippen LogP) is 7.27. The maximum atomic E-state index is 12.3. The Bertz CT molecular complexity index is 1500. The number of ether oxygens (including phenoxy) is 7. The Morgan fingerprint density at radius 3 is 1.37 bits per heavy atom. The quantitative estimate of drug-likeness (QED) is 0.0675. The summed E-state index contributed by atoms with van der Waals surface area (Å²) in [5, 5.41) is 18.8. The molecule has 360 valence electrons. The number of nitrogens with zero attached hydrogens (tertiary/aromatic N) is 1. The van der Waals surface area contributed by atoms with Gasteiger partial charge < -0.3 is 48.3 Å². The molecule has 4 aliphatic rings. The van der Waals surface area contributed by atoms with Gasteiger partial charge in [0.05, 0.1) is 65.3 Å². The minimum atomic E-state index is -1.14. The van der Waals surface area contributed by atoms with Gasteiger partial charge in [0.2, 0.25) is 0 Å². The standard InChI is InChI=1S/C20H30O7.C13H20O4.C7H12O4.C6H12ClN/c1-3-25-18(22)12-20(13-24-14-20)27-19(23)15(2)11-17(21)26-16-9-7-5-4-6-8-10-16;1-10(13(15)16)9-12(14)17-11-7-5-3-2-4-6-8-11;1-2-11-6(8)3-7(9)4-10-5-7;1-5(2)6(7)8(3)4/h16H,2-14H2,1H3;11H,1-9H2,(H,15,16);9H,2-5H2,1H3;1-4H3. The molecule has 0 bridgehead atoms. The molecule has 4 fully saturated rings. The van der Waals surface area contributed by atoms with Gasteiger partial charge in [-0.1, -0.05) is 63.3 Å². The molecule has 17 heteroatoms. The third-order valence-corrected chi connectivity index (χ3v) is 10.9. The van der Waals surface area contributed by atoms with Gasteiger partial charge in [0.15, 0.2) is 5.60 Å². The molecule has 2 N–H and O–H groups in total. The highest BCUT2D eigenvalue weighted by Crippen LogP contribution is 2.29. The van der Waals surface area contributed by atoms with Crippen LogP contribution in [0.3, 0.4) is 0 Å².